The number of sulfonamides is 1. The van der Waals surface area contributed by atoms with Crippen molar-refractivity contribution in [2.75, 3.05) is 39.0 Å². The van der Waals surface area contributed by atoms with Crippen LogP contribution in [0.25, 0.3) is 0 Å². The highest BCUT2D eigenvalue weighted by Gasteiger charge is 2.22. The summed E-state index contributed by atoms with van der Waals surface area (Å²) in [6.45, 7) is 12.3. The Kier molecular flexibility index (Phi) is 9.16. The lowest BCUT2D eigenvalue weighted by atomic mass is 10.0. The van der Waals surface area contributed by atoms with E-state index in [0.717, 1.165) is 32.0 Å². The van der Waals surface area contributed by atoms with Crippen molar-refractivity contribution in [1.82, 2.24) is 20.3 Å². The number of guanidine groups is 1. The van der Waals surface area contributed by atoms with E-state index >= 15 is 0 Å². The molecule has 0 saturated carbocycles. The molecule has 1 heterocycles. The SMILES string of the molecule is CCNC(=NCC(C)(C)NS(C)(=O)=O)NCCCN1CCCCC1C. The molecule has 0 aromatic rings. The van der Waals surface area contributed by atoms with E-state index in [1.807, 2.05) is 20.8 Å². The Bertz CT molecular complexity index is 519. The Morgan fingerprint density at radius 2 is 2.00 bits per heavy atom. The van der Waals surface area contributed by atoms with E-state index < -0.39 is 15.6 Å². The van der Waals surface area contributed by atoms with Gasteiger partial charge in [0.2, 0.25) is 10.0 Å². The summed E-state index contributed by atoms with van der Waals surface area (Å²) in [5.41, 5.74) is -0.612. The highest BCUT2D eigenvalue weighted by molar-refractivity contribution is 7.88. The minimum Gasteiger partial charge on any atom is -0.357 e. The molecule has 0 bridgehead atoms. The zero-order chi connectivity index (χ0) is 18.9. The van der Waals surface area contributed by atoms with Crippen molar-refractivity contribution in [3.05, 3.63) is 0 Å². The van der Waals surface area contributed by atoms with Crippen LogP contribution in [0.2, 0.25) is 0 Å². The smallest absolute Gasteiger partial charge is 0.209 e. The number of likely N-dealkylation sites (tertiary alicyclic amines) is 1. The van der Waals surface area contributed by atoms with Gasteiger partial charge in [-0.05, 0) is 53.5 Å². The fourth-order valence-electron chi connectivity index (χ4n) is 3.13. The van der Waals surface area contributed by atoms with Crippen LogP contribution in [0.1, 0.15) is 53.4 Å². The third kappa shape index (κ3) is 10.0. The molecule has 0 aromatic heterocycles. The Balaban J connectivity index is 2.42. The van der Waals surface area contributed by atoms with Crippen molar-refractivity contribution in [1.29, 1.82) is 0 Å². The van der Waals surface area contributed by atoms with Gasteiger partial charge in [-0.25, -0.2) is 13.1 Å². The molecule has 1 saturated heterocycles. The first kappa shape index (κ1) is 22.2. The maximum atomic E-state index is 11.4. The molecular weight excluding hydrogens is 338 g/mol. The number of nitrogens with zero attached hydrogens (tertiary/aromatic N) is 2. The highest BCUT2D eigenvalue weighted by Crippen LogP contribution is 2.16. The molecule has 1 unspecified atom stereocenters. The zero-order valence-electron chi connectivity index (χ0n) is 16.6. The molecule has 0 spiro atoms. The van der Waals surface area contributed by atoms with Gasteiger partial charge >= 0.3 is 0 Å². The fraction of sp³-hybridized carbons (Fsp3) is 0.941. The standard InChI is InChI=1S/C17H37N5O2S/c1-6-18-16(20-14-17(3,4)21-25(5,23)24)19-11-9-13-22-12-8-7-10-15(22)2/h15,21H,6-14H2,1-5H3,(H2,18,19,20). The minimum absolute atomic E-state index is 0.374. The lowest BCUT2D eigenvalue weighted by Crippen LogP contribution is -2.47. The van der Waals surface area contributed by atoms with Crippen LogP contribution >= 0.6 is 0 Å². The summed E-state index contributed by atoms with van der Waals surface area (Å²) in [7, 11) is -3.25. The number of hydrogen-bond acceptors (Lipinski definition) is 4. The fourth-order valence-corrected chi connectivity index (χ4v) is 4.20. The van der Waals surface area contributed by atoms with Gasteiger partial charge in [-0.1, -0.05) is 6.42 Å². The van der Waals surface area contributed by atoms with Crippen molar-refractivity contribution in [3.8, 4) is 0 Å². The maximum Gasteiger partial charge on any atom is 0.209 e. The molecule has 1 aliphatic heterocycles. The van der Waals surface area contributed by atoms with Crippen molar-refractivity contribution in [2.24, 2.45) is 4.99 Å². The predicted molar refractivity (Wildman–Crippen MR) is 106 cm³/mol. The van der Waals surface area contributed by atoms with Gasteiger partial charge in [0.25, 0.3) is 0 Å². The van der Waals surface area contributed by atoms with Gasteiger partial charge in [0.1, 0.15) is 0 Å². The van der Waals surface area contributed by atoms with E-state index in [2.05, 4.69) is 32.2 Å². The molecule has 0 radical (unpaired) electrons. The lowest BCUT2D eigenvalue weighted by Gasteiger charge is -2.33. The molecule has 1 aliphatic rings. The van der Waals surface area contributed by atoms with Gasteiger partial charge in [-0.2, -0.15) is 0 Å². The first-order valence-corrected chi connectivity index (χ1v) is 11.3. The quantitative estimate of drug-likeness (QED) is 0.320. The summed E-state index contributed by atoms with van der Waals surface area (Å²) in [6.07, 6.45) is 6.21. The van der Waals surface area contributed by atoms with E-state index in [0.29, 0.717) is 12.6 Å². The summed E-state index contributed by atoms with van der Waals surface area (Å²) in [6, 6.07) is 0.693. The highest BCUT2D eigenvalue weighted by atomic mass is 32.2. The van der Waals surface area contributed by atoms with Gasteiger partial charge in [-0.15, -0.1) is 0 Å². The topological polar surface area (TPSA) is 85.8 Å². The molecule has 1 rings (SSSR count). The van der Waals surface area contributed by atoms with Crippen LogP contribution in [0.5, 0.6) is 0 Å². The average Bonchev–Trinajstić information content (AvgIpc) is 2.48. The Morgan fingerprint density at radius 3 is 2.60 bits per heavy atom. The van der Waals surface area contributed by atoms with Crippen LogP contribution in [-0.4, -0.2) is 69.8 Å². The second-order valence-electron chi connectivity index (χ2n) is 7.61. The summed E-state index contributed by atoms with van der Waals surface area (Å²) >= 11 is 0. The normalized spacial score (nSPS) is 20.5. The van der Waals surface area contributed by atoms with E-state index in [9.17, 15) is 8.42 Å². The van der Waals surface area contributed by atoms with Gasteiger partial charge in [0, 0.05) is 31.2 Å². The predicted octanol–water partition coefficient (Wildman–Crippen LogP) is 1.13. The van der Waals surface area contributed by atoms with E-state index in [4.69, 9.17) is 0 Å². The molecule has 1 fully saturated rings. The van der Waals surface area contributed by atoms with Crippen LogP contribution < -0.4 is 15.4 Å². The first-order valence-electron chi connectivity index (χ1n) is 9.38. The largest absolute Gasteiger partial charge is 0.357 e. The van der Waals surface area contributed by atoms with Gasteiger partial charge < -0.3 is 15.5 Å². The number of hydrogen-bond donors (Lipinski definition) is 3. The molecule has 8 heteroatoms. The first-order chi connectivity index (χ1) is 11.6. The maximum absolute atomic E-state index is 11.4. The molecular formula is C17H37N5O2S. The van der Waals surface area contributed by atoms with Crippen LogP contribution in [0.3, 0.4) is 0 Å². The van der Waals surface area contributed by atoms with Crippen LogP contribution in [-0.2, 0) is 10.0 Å². The molecule has 0 amide bonds. The van der Waals surface area contributed by atoms with Gasteiger partial charge in [-0.3, -0.25) is 4.99 Å². The summed E-state index contributed by atoms with van der Waals surface area (Å²) in [4.78, 5) is 7.09. The molecule has 25 heavy (non-hydrogen) atoms. The summed E-state index contributed by atoms with van der Waals surface area (Å²) in [5.74, 6) is 0.734. The summed E-state index contributed by atoms with van der Waals surface area (Å²) < 4.78 is 25.4. The van der Waals surface area contributed by atoms with Crippen molar-refractivity contribution in [2.45, 2.75) is 65.0 Å². The minimum atomic E-state index is -3.25. The number of rotatable bonds is 9. The van der Waals surface area contributed by atoms with Crippen molar-refractivity contribution in [3.63, 3.8) is 0 Å². The van der Waals surface area contributed by atoms with E-state index in [-0.39, 0.29) is 0 Å². The molecule has 148 valence electrons. The van der Waals surface area contributed by atoms with Crippen LogP contribution in [0.15, 0.2) is 4.99 Å². The second kappa shape index (κ2) is 10.3. The monoisotopic (exact) mass is 375 g/mol. The third-order valence-electron chi connectivity index (χ3n) is 4.29. The van der Waals surface area contributed by atoms with Gasteiger partial charge in [0.05, 0.1) is 12.8 Å². The van der Waals surface area contributed by atoms with Crippen LogP contribution in [0.4, 0.5) is 0 Å². The molecule has 3 N–H and O–H groups in total. The molecule has 0 aromatic carbocycles. The Labute approximate surface area is 154 Å². The molecule has 1 atom stereocenters. The van der Waals surface area contributed by atoms with Crippen LogP contribution in [0, 0.1) is 0 Å². The molecule has 0 aliphatic carbocycles. The number of nitrogens with one attached hydrogen (secondary N) is 3. The number of aliphatic imine (C=N–C) groups is 1. The lowest BCUT2D eigenvalue weighted by molar-refractivity contribution is 0.159. The Hall–Kier alpha value is -0.860. The second-order valence-corrected chi connectivity index (χ2v) is 9.36. The van der Waals surface area contributed by atoms with Gasteiger partial charge in [0.15, 0.2) is 5.96 Å². The van der Waals surface area contributed by atoms with Crippen molar-refractivity contribution >= 4 is 16.0 Å². The molecule has 7 nitrogen and oxygen atoms in total. The third-order valence-corrected chi connectivity index (χ3v) is 5.22. The van der Waals surface area contributed by atoms with E-state index in [1.165, 1.54) is 32.1 Å². The average molecular weight is 376 g/mol. The zero-order valence-corrected chi connectivity index (χ0v) is 17.4. The summed E-state index contributed by atoms with van der Waals surface area (Å²) in [5, 5.41) is 6.56. The van der Waals surface area contributed by atoms with E-state index in [1.54, 1.807) is 0 Å². The number of piperidine rings is 1. The van der Waals surface area contributed by atoms with Crippen molar-refractivity contribution < 1.29 is 8.42 Å². The Morgan fingerprint density at radius 1 is 1.28 bits per heavy atom.